The number of aryl methyl sites for hydroxylation is 2. The van der Waals surface area contributed by atoms with Gasteiger partial charge < -0.3 is 0 Å². The molecule has 0 aliphatic heterocycles. The molecule has 1 aromatic carbocycles. The highest BCUT2D eigenvalue weighted by molar-refractivity contribution is 5.46. The summed E-state index contributed by atoms with van der Waals surface area (Å²) in [7, 11) is 0. The highest BCUT2D eigenvalue weighted by atomic mass is 16.6. The molecule has 0 N–H and O–H groups in total. The highest BCUT2D eigenvalue weighted by Crippen LogP contribution is 2.24. The maximum absolute atomic E-state index is 10.7. The summed E-state index contributed by atoms with van der Waals surface area (Å²) in [5.41, 5.74) is 3.20. The molecule has 0 saturated heterocycles. The van der Waals surface area contributed by atoms with Gasteiger partial charge >= 0.3 is 0 Å². The molecule has 0 saturated carbocycles. The summed E-state index contributed by atoms with van der Waals surface area (Å²) in [5, 5.41) is 10.7. The van der Waals surface area contributed by atoms with Crippen molar-refractivity contribution in [3.63, 3.8) is 0 Å². The molecule has 0 aliphatic rings. The third-order valence-electron chi connectivity index (χ3n) is 2.48. The minimum absolute atomic E-state index is 0.222. The minimum atomic E-state index is -0.318. The zero-order chi connectivity index (χ0) is 11.6. The molecular formula is C12H17NO2. The molecule has 0 heterocycles. The third kappa shape index (κ3) is 2.78. The Morgan fingerprint density at radius 2 is 1.87 bits per heavy atom. The molecule has 3 nitrogen and oxygen atoms in total. The quantitative estimate of drug-likeness (QED) is 0.563. The van der Waals surface area contributed by atoms with Crippen molar-refractivity contribution in [1.82, 2.24) is 0 Å². The van der Waals surface area contributed by atoms with Gasteiger partial charge in [0.25, 0.3) is 5.69 Å². The van der Waals surface area contributed by atoms with E-state index in [1.807, 2.05) is 13.0 Å². The lowest BCUT2D eigenvalue weighted by molar-refractivity contribution is -0.385. The van der Waals surface area contributed by atoms with Gasteiger partial charge in [0.05, 0.1) is 4.92 Å². The first-order valence-electron chi connectivity index (χ1n) is 5.16. The van der Waals surface area contributed by atoms with Gasteiger partial charge in [0.2, 0.25) is 0 Å². The average molecular weight is 207 g/mol. The number of nitro benzene ring substituents is 1. The van der Waals surface area contributed by atoms with Crippen molar-refractivity contribution in [1.29, 1.82) is 0 Å². The Morgan fingerprint density at radius 3 is 2.33 bits per heavy atom. The first kappa shape index (κ1) is 11.7. The summed E-state index contributed by atoms with van der Waals surface area (Å²) < 4.78 is 0. The largest absolute Gasteiger partial charge is 0.272 e. The Balaban J connectivity index is 3.13. The lowest BCUT2D eigenvalue weighted by Crippen LogP contribution is -2.00. The van der Waals surface area contributed by atoms with Crippen LogP contribution in [0.1, 0.15) is 30.5 Å². The van der Waals surface area contributed by atoms with Crippen molar-refractivity contribution in [2.45, 2.75) is 34.1 Å². The number of rotatable bonds is 3. The molecule has 0 atom stereocenters. The molecule has 1 aromatic rings. The second-order valence-electron chi connectivity index (χ2n) is 4.42. The minimum Gasteiger partial charge on any atom is -0.258 e. The van der Waals surface area contributed by atoms with Crippen LogP contribution in [0.3, 0.4) is 0 Å². The molecule has 0 radical (unpaired) electrons. The first-order valence-corrected chi connectivity index (χ1v) is 5.16. The lowest BCUT2D eigenvalue weighted by Gasteiger charge is -2.09. The topological polar surface area (TPSA) is 43.1 Å². The molecule has 0 bridgehead atoms. The van der Waals surface area contributed by atoms with E-state index in [2.05, 4.69) is 13.8 Å². The fourth-order valence-electron chi connectivity index (χ4n) is 1.72. The molecular weight excluding hydrogens is 190 g/mol. The van der Waals surface area contributed by atoms with E-state index < -0.39 is 0 Å². The molecule has 1 rings (SSSR count). The fraction of sp³-hybridized carbons (Fsp3) is 0.500. The summed E-state index contributed by atoms with van der Waals surface area (Å²) >= 11 is 0. The predicted octanol–water partition coefficient (Wildman–Crippen LogP) is 3.41. The van der Waals surface area contributed by atoms with Gasteiger partial charge in [-0.2, -0.15) is 0 Å². The summed E-state index contributed by atoms with van der Waals surface area (Å²) in [6.45, 7) is 8.03. The number of hydrogen-bond acceptors (Lipinski definition) is 2. The van der Waals surface area contributed by atoms with Crippen LogP contribution < -0.4 is 0 Å². The molecule has 15 heavy (non-hydrogen) atoms. The fourth-order valence-corrected chi connectivity index (χ4v) is 1.72. The van der Waals surface area contributed by atoms with Crippen LogP contribution in [0.25, 0.3) is 0 Å². The third-order valence-corrected chi connectivity index (χ3v) is 2.48. The monoisotopic (exact) mass is 207 g/mol. The Bertz CT molecular complexity index is 383. The van der Waals surface area contributed by atoms with Crippen molar-refractivity contribution >= 4 is 5.69 Å². The van der Waals surface area contributed by atoms with Crippen LogP contribution in [-0.4, -0.2) is 4.92 Å². The van der Waals surface area contributed by atoms with Crippen LogP contribution in [0.4, 0.5) is 5.69 Å². The van der Waals surface area contributed by atoms with Gasteiger partial charge in [-0.05, 0) is 43.4 Å². The van der Waals surface area contributed by atoms with Gasteiger partial charge in [0, 0.05) is 11.6 Å². The molecule has 0 aromatic heterocycles. The van der Waals surface area contributed by atoms with E-state index in [1.54, 1.807) is 13.0 Å². The van der Waals surface area contributed by atoms with Crippen LogP contribution in [0.2, 0.25) is 0 Å². The van der Waals surface area contributed by atoms with Crippen molar-refractivity contribution in [3.05, 3.63) is 38.9 Å². The van der Waals surface area contributed by atoms with Crippen molar-refractivity contribution in [3.8, 4) is 0 Å². The second-order valence-corrected chi connectivity index (χ2v) is 4.42. The number of nitro groups is 1. The van der Waals surface area contributed by atoms with E-state index >= 15 is 0 Å². The maximum atomic E-state index is 10.7. The summed E-state index contributed by atoms with van der Waals surface area (Å²) in [6.07, 6.45) is 0.977. The van der Waals surface area contributed by atoms with Crippen molar-refractivity contribution in [2.75, 3.05) is 0 Å². The van der Waals surface area contributed by atoms with Crippen LogP contribution in [-0.2, 0) is 6.42 Å². The second kappa shape index (κ2) is 4.43. The zero-order valence-electron chi connectivity index (χ0n) is 9.70. The smallest absolute Gasteiger partial charge is 0.258 e. The van der Waals surface area contributed by atoms with Gasteiger partial charge in [0.15, 0.2) is 0 Å². The van der Waals surface area contributed by atoms with E-state index in [4.69, 9.17) is 0 Å². The van der Waals surface area contributed by atoms with Gasteiger partial charge in [0.1, 0.15) is 0 Å². The van der Waals surface area contributed by atoms with Gasteiger partial charge in [-0.3, -0.25) is 10.1 Å². The maximum Gasteiger partial charge on any atom is 0.272 e. The standard InChI is InChI=1S/C12H17NO2/c1-8(2)5-11-6-10(4)12(13(14)15)7-9(11)3/h6-8H,5H2,1-4H3. The van der Waals surface area contributed by atoms with Crippen LogP contribution in [0.15, 0.2) is 12.1 Å². The van der Waals surface area contributed by atoms with Crippen LogP contribution in [0.5, 0.6) is 0 Å². The van der Waals surface area contributed by atoms with E-state index in [-0.39, 0.29) is 10.6 Å². The summed E-state index contributed by atoms with van der Waals surface area (Å²) in [4.78, 5) is 10.4. The van der Waals surface area contributed by atoms with Crippen molar-refractivity contribution < 1.29 is 4.92 Å². The number of nitrogens with zero attached hydrogens (tertiary/aromatic N) is 1. The van der Waals surface area contributed by atoms with E-state index in [9.17, 15) is 10.1 Å². The highest BCUT2D eigenvalue weighted by Gasteiger charge is 2.13. The Kier molecular flexibility index (Phi) is 3.45. The molecule has 3 heteroatoms. The normalized spacial score (nSPS) is 10.7. The number of benzene rings is 1. The van der Waals surface area contributed by atoms with Gasteiger partial charge in [-0.1, -0.05) is 13.8 Å². The van der Waals surface area contributed by atoms with E-state index in [1.165, 1.54) is 5.56 Å². The van der Waals surface area contributed by atoms with Crippen LogP contribution >= 0.6 is 0 Å². The SMILES string of the molecule is Cc1cc([N+](=O)[O-])c(C)cc1CC(C)C. The summed E-state index contributed by atoms with van der Waals surface area (Å²) in [6, 6.07) is 3.61. The molecule has 0 fully saturated rings. The Hall–Kier alpha value is -1.38. The van der Waals surface area contributed by atoms with E-state index in [0.29, 0.717) is 5.92 Å². The zero-order valence-corrected chi connectivity index (χ0v) is 9.70. The Labute approximate surface area is 90.3 Å². The molecule has 0 amide bonds. The average Bonchev–Trinajstić information content (AvgIpc) is 2.09. The van der Waals surface area contributed by atoms with E-state index in [0.717, 1.165) is 17.5 Å². The van der Waals surface area contributed by atoms with Gasteiger partial charge in [-0.25, -0.2) is 0 Å². The molecule has 82 valence electrons. The summed E-state index contributed by atoms with van der Waals surface area (Å²) in [5.74, 6) is 0.574. The number of hydrogen-bond donors (Lipinski definition) is 0. The molecule has 0 aliphatic carbocycles. The van der Waals surface area contributed by atoms with Crippen LogP contribution in [0, 0.1) is 29.9 Å². The predicted molar refractivity (Wildman–Crippen MR) is 61.1 cm³/mol. The first-order chi connectivity index (χ1) is 6.91. The molecule has 0 unspecified atom stereocenters. The molecule has 0 spiro atoms. The lowest BCUT2D eigenvalue weighted by atomic mass is 9.96. The Morgan fingerprint density at radius 1 is 1.27 bits per heavy atom. The van der Waals surface area contributed by atoms with Gasteiger partial charge in [-0.15, -0.1) is 0 Å². The van der Waals surface area contributed by atoms with Crippen molar-refractivity contribution in [2.24, 2.45) is 5.92 Å².